The van der Waals surface area contributed by atoms with Crippen LogP contribution in [0.1, 0.15) is 26.6 Å². The standard InChI is InChI=1S/C13H15BrClN3/c1-13(2,3)18-11(8-15)16-17-12(18)9-4-6-10(14)7-5-9/h4-7H,8H2,1-3H3. The fourth-order valence-corrected chi connectivity index (χ4v) is 2.33. The van der Waals surface area contributed by atoms with Crippen molar-refractivity contribution in [3.8, 4) is 11.4 Å². The van der Waals surface area contributed by atoms with Crippen LogP contribution in [0.2, 0.25) is 0 Å². The molecular formula is C13H15BrClN3. The minimum atomic E-state index is -0.101. The molecule has 0 saturated heterocycles. The van der Waals surface area contributed by atoms with Crippen LogP contribution in [0.25, 0.3) is 11.4 Å². The number of hydrogen-bond donors (Lipinski definition) is 0. The maximum Gasteiger partial charge on any atom is 0.164 e. The Morgan fingerprint density at radius 3 is 2.28 bits per heavy atom. The van der Waals surface area contributed by atoms with Crippen molar-refractivity contribution in [3.63, 3.8) is 0 Å². The molecule has 0 aliphatic heterocycles. The minimum Gasteiger partial charge on any atom is -0.305 e. The first-order chi connectivity index (χ1) is 8.43. The highest BCUT2D eigenvalue weighted by Crippen LogP contribution is 2.27. The quantitative estimate of drug-likeness (QED) is 0.773. The Kier molecular flexibility index (Phi) is 3.78. The summed E-state index contributed by atoms with van der Waals surface area (Å²) in [6.45, 7) is 6.36. The van der Waals surface area contributed by atoms with Crippen LogP contribution < -0.4 is 0 Å². The summed E-state index contributed by atoms with van der Waals surface area (Å²) in [7, 11) is 0. The zero-order chi connectivity index (χ0) is 13.3. The third-order valence-corrected chi connectivity index (χ3v) is 3.39. The maximum atomic E-state index is 5.93. The van der Waals surface area contributed by atoms with Gasteiger partial charge in [-0.1, -0.05) is 28.1 Å². The van der Waals surface area contributed by atoms with Gasteiger partial charge in [0.1, 0.15) is 5.82 Å². The second-order valence-corrected chi connectivity index (χ2v) is 6.27. The van der Waals surface area contributed by atoms with Gasteiger partial charge in [0.15, 0.2) is 5.82 Å². The predicted molar refractivity (Wildman–Crippen MR) is 77.7 cm³/mol. The van der Waals surface area contributed by atoms with Gasteiger partial charge in [0.25, 0.3) is 0 Å². The van der Waals surface area contributed by atoms with Crippen molar-refractivity contribution >= 4 is 27.5 Å². The first kappa shape index (κ1) is 13.6. The van der Waals surface area contributed by atoms with Crippen molar-refractivity contribution < 1.29 is 0 Å². The van der Waals surface area contributed by atoms with Gasteiger partial charge in [-0.15, -0.1) is 21.8 Å². The number of benzene rings is 1. The fourth-order valence-electron chi connectivity index (χ4n) is 1.89. The van der Waals surface area contributed by atoms with E-state index in [-0.39, 0.29) is 5.54 Å². The van der Waals surface area contributed by atoms with E-state index in [0.29, 0.717) is 5.88 Å². The molecule has 0 radical (unpaired) electrons. The molecule has 0 N–H and O–H groups in total. The number of rotatable bonds is 2. The van der Waals surface area contributed by atoms with Gasteiger partial charge in [-0.25, -0.2) is 0 Å². The molecule has 2 rings (SSSR count). The van der Waals surface area contributed by atoms with Crippen LogP contribution >= 0.6 is 27.5 Å². The molecule has 5 heteroatoms. The Hall–Kier alpha value is -0.870. The molecule has 1 aromatic carbocycles. The molecule has 1 aromatic heterocycles. The van der Waals surface area contributed by atoms with E-state index in [1.165, 1.54) is 0 Å². The molecule has 96 valence electrons. The molecule has 0 atom stereocenters. The third-order valence-electron chi connectivity index (χ3n) is 2.62. The Balaban J connectivity index is 2.58. The highest BCUT2D eigenvalue weighted by atomic mass is 79.9. The van der Waals surface area contributed by atoms with Crippen molar-refractivity contribution in [1.29, 1.82) is 0 Å². The fraction of sp³-hybridized carbons (Fsp3) is 0.385. The Bertz CT molecular complexity index is 540. The van der Waals surface area contributed by atoms with Gasteiger partial charge < -0.3 is 4.57 Å². The van der Waals surface area contributed by atoms with Gasteiger partial charge in [0, 0.05) is 15.6 Å². The summed E-state index contributed by atoms with van der Waals surface area (Å²) >= 11 is 9.36. The second-order valence-electron chi connectivity index (χ2n) is 5.09. The lowest BCUT2D eigenvalue weighted by Gasteiger charge is -2.24. The number of halogens is 2. The third kappa shape index (κ3) is 2.59. The first-order valence-corrected chi connectivity index (χ1v) is 7.03. The van der Waals surface area contributed by atoms with Crippen molar-refractivity contribution in [2.45, 2.75) is 32.2 Å². The van der Waals surface area contributed by atoms with Crippen LogP contribution in [0.5, 0.6) is 0 Å². The largest absolute Gasteiger partial charge is 0.305 e. The topological polar surface area (TPSA) is 30.7 Å². The summed E-state index contributed by atoms with van der Waals surface area (Å²) in [5, 5.41) is 8.44. The number of hydrogen-bond acceptors (Lipinski definition) is 2. The highest BCUT2D eigenvalue weighted by Gasteiger charge is 2.23. The van der Waals surface area contributed by atoms with Gasteiger partial charge in [-0.2, -0.15) is 0 Å². The SMILES string of the molecule is CC(C)(C)n1c(CCl)nnc1-c1ccc(Br)cc1. The zero-order valence-corrected chi connectivity index (χ0v) is 13.0. The molecule has 0 unspecified atom stereocenters. The lowest BCUT2D eigenvalue weighted by molar-refractivity contribution is 0.390. The highest BCUT2D eigenvalue weighted by molar-refractivity contribution is 9.10. The molecule has 0 saturated carbocycles. The van der Waals surface area contributed by atoms with E-state index >= 15 is 0 Å². The van der Waals surface area contributed by atoms with Crippen molar-refractivity contribution in [2.24, 2.45) is 0 Å². The molecule has 0 bridgehead atoms. The van der Waals surface area contributed by atoms with Gasteiger partial charge >= 0.3 is 0 Å². The number of nitrogens with zero attached hydrogens (tertiary/aromatic N) is 3. The lowest BCUT2D eigenvalue weighted by Crippen LogP contribution is -2.24. The van der Waals surface area contributed by atoms with Crippen molar-refractivity contribution in [2.75, 3.05) is 0 Å². The van der Waals surface area contributed by atoms with E-state index in [1.54, 1.807) is 0 Å². The molecule has 18 heavy (non-hydrogen) atoms. The summed E-state index contributed by atoms with van der Waals surface area (Å²) in [5.41, 5.74) is 0.938. The number of alkyl halides is 1. The molecule has 1 heterocycles. The van der Waals surface area contributed by atoms with Crippen molar-refractivity contribution in [3.05, 3.63) is 34.6 Å². The Morgan fingerprint density at radius 1 is 1.17 bits per heavy atom. The molecule has 0 amide bonds. The van der Waals surface area contributed by atoms with Crippen LogP contribution in [0, 0.1) is 0 Å². The van der Waals surface area contributed by atoms with Crippen LogP contribution in [0.3, 0.4) is 0 Å². The summed E-state index contributed by atoms with van der Waals surface area (Å²) in [6.07, 6.45) is 0. The monoisotopic (exact) mass is 327 g/mol. The first-order valence-electron chi connectivity index (χ1n) is 5.70. The minimum absolute atomic E-state index is 0.101. The van der Waals surface area contributed by atoms with E-state index < -0.39 is 0 Å². The van der Waals surface area contributed by atoms with Crippen LogP contribution in [-0.2, 0) is 11.4 Å². The Morgan fingerprint density at radius 2 is 1.78 bits per heavy atom. The average Bonchev–Trinajstić information content (AvgIpc) is 2.73. The average molecular weight is 329 g/mol. The zero-order valence-electron chi connectivity index (χ0n) is 10.6. The Labute approximate surface area is 120 Å². The van der Waals surface area contributed by atoms with Crippen LogP contribution in [-0.4, -0.2) is 14.8 Å². The van der Waals surface area contributed by atoms with Gasteiger partial charge in [0.05, 0.1) is 5.88 Å². The maximum absolute atomic E-state index is 5.93. The molecule has 0 aliphatic rings. The molecule has 3 nitrogen and oxygen atoms in total. The van der Waals surface area contributed by atoms with E-state index in [9.17, 15) is 0 Å². The summed E-state index contributed by atoms with van der Waals surface area (Å²) in [5.74, 6) is 2.01. The normalized spacial score (nSPS) is 11.8. The summed E-state index contributed by atoms with van der Waals surface area (Å²) in [6, 6.07) is 8.04. The van der Waals surface area contributed by atoms with E-state index in [4.69, 9.17) is 11.6 Å². The molecule has 0 fully saturated rings. The van der Waals surface area contributed by atoms with Crippen LogP contribution in [0.4, 0.5) is 0 Å². The van der Waals surface area contributed by atoms with Crippen molar-refractivity contribution in [1.82, 2.24) is 14.8 Å². The molecule has 0 spiro atoms. The molecule has 0 aliphatic carbocycles. The van der Waals surface area contributed by atoms with E-state index in [2.05, 4.69) is 51.5 Å². The van der Waals surface area contributed by atoms with Gasteiger partial charge in [-0.3, -0.25) is 0 Å². The van der Waals surface area contributed by atoms with E-state index in [1.807, 2.05) is 24.3 Å². The predicted octanol–water partition coefficient (Wildman–Crippen LogP) is 4.20. The van der Waals surface area contributed by atoms with Gasteiger partial charge in [0.2, 0.25) is 0 Å². The number of aromatic nitrogens is 3. The smallest absolute Gasteiger partial charge is 0.164 e. The molecule has 2 aromatic rings. The van der Waals surface area contributed by atoms with Gasteiger partial charge in [-0.05, 0) is 32.9 Å². The van der Waals surface area contributed by atoms with Crippen LogP contribution in [0.15, 0.2) is 28.7 Å². The lowest BCUT2D eigenvalue weighted by atomic mass is 10.1. The summed E-state index contributed by atoms with van der Waals surface area (Å²) < 4.78 is 3.13. The second kappa shape index (κ2) is 5.02. The molecular weight excluding hydrogens is 314 g/mol. The summed E-state index contributed by atoms with van der Waals surface area (Å²) in [4.78, 5) is 0. The van der Waals surface area contributed by atoms with E-state index in [0.717, 1.165) is 21.7 Å².